The Morgan fingerprint density at radius 3 is 2.66 bits per heavy atom. The van der Waals surface area contributed by atoms with Crippen molar-refractivity contribution in [1.82, 2.24) is 10.3 Å². The van der Waals surface area contributed by atoms with E-state index in [1.807, 2.05) is 20.8 Å². The average Bonchev–Trinajstić information content (AvgIpc) is 2.71. The van der Waals surface area contributed by atoms with Gasteiger partial charge in [-0.3, -0.25) is 4.79 Å². The fraction of sp³-hybridized carbons (Fsp3) is 0.458. The number of fused-ring (bicyclic) bond motifs is 1. The van der Waals surface area contributed by atoms with Crippen molar-refractivity contribution in [3.05, 3.63) is 29.5 Å². The molecule has 2 heterocycles. The highest BCUT2D eigenvalue weighted by molar-refractivity contribution is 6.05. The summed E-state index contributed by atoms with van der Waals surface area (Å²) in [5.74, 6) is 6.45. The number of carbonyl (C=O) groups is 2. The minimum Gasteiger partial charge on any atom is -0.496 e. The average molecular weight is 439 g/mol. The molecule has 0 radical (unpaired) electrons. The molecule has 0 aliphatic carbocycles. The van der Waals surface area contributed by atoms with Crippen LogP contribution >= 0.6 is 0 Å². The summed E-state index contributed by atoms with van der Waals surface area (Å²) in [7, 11) is 1.50. The number of methoxy groups -OCH3 is 1. The molecule has 8 heteroatoms. The first-order valence-electron chi connectivity index (χ1n) is 10.6. The zero-order chi connectivity index (χ0) is 23.5. The predicted molar refractivity (Wildman–Crippen MR) is 124 cm³/mol. The molecule has 1 aromatic carbocycles. The van der Waals surface area contributed by atoms with Crippen LogP contribution in [-0.4, -0.2) is 48.8 Å². The Bertz CT molecular complexity index is 1100. The van der Waals surface area contributed by atoms with E-state index in [0.717, 1.165) is 36.0 Å². The van der Waals surface area contributed by atoms with Gasteiger partial charge in [0.1, 0.15) is 17.7 Å². The Kier molecular flexibility index (Phi) is 6.78. The fourth-order valence-corrected chi connectivity index (χ4v) is 3.81. The van der Waals surface area contributed by atoms with E-state index < -0.39 is 12.0 Å². The zero-order valence-corrected chi connectivity index (χ0v) is 19.2. The van der Waals surface area contributed by atoms with Gasteiger partial charge in [0.25, 0.3) is 5.91 Å². The van der Waals surface area contributed by atoms with E-state index in [2.05, 4.69) is 27.0 Å². The van der Waals surface area contributed by atoms with Crippen molar-refractivity contribution in [2.45, 2.75) is 52.2 Å². The van der Waals surface area contributed by atoms with Crippen LogP contribution in [0.5, 0.6) is 5.75 Å². The van der Waals surface area contributed by atoms with Gasteiger partial charge in [0.2, 0.25) is 0 Å². The summed E-state index contributed by atoms with van der Waals surface area (Å²) in [6.07, 6.45) is 2.64. The van der Waals surface area contributed by atoms with Crippen LogP contribution in [0.25, 0.3) is 10.8 Å². The SMILES string of the molecule is CC#Cc1cnc(N2CCC[C@H](OC(=O)NC(C)(C)C)C2)c2cc(OC)c(C(N)=O)cc12. The van der Waals surface area contributed by atoms with Crippen molar-refractivity contribution in [3.63, 3.8) is 0 Å². The second-order valence-corrected chi connectivity index (χ2v) is 8.82. The van der Waals surface area contributed by atoms with Crippen molar-refractivity contribution >= 4 is 28.6 Å². The molecule has 1 aliphatic rings. The van der Waals surface area contributed by atoms with Gasteiger partial charge in [0.15, 0.2) is 0 Å². The van der Waals surface area contributed by atoms with Gasteiger partial charge in [0.05, 0.1) is 24.8 Å². The number of piperidine rings is 1. The number of alkyl carbamates (subject to hydrolysis) is 1. The number of rotatable bonds is 4. The van der Waals surface area contributed by atoms with E-state index in [-0.39, 0.29) is 17.2 Å². The first kappa shape index (κ1) is 23.2. The highest BCUT2D eigenvalue weighted by atomic mass is 16.6. The topological polar surface area (TPSA) is 107 Å². The molecule has 1 fully saturated rings. The molecule has 1 aliphatic heterocycles. The molecular formula is C24H30N4O4. The first-order valence-corrected chi connectivity index (χ1v) is 10.6. The molecule has 2 amide bonds. The summed E-state index contributed by atoms with van der Waals surface area (Å²) in [6.45, 7) is 8.75. The van der Waals surface area contributed by atoms with Crippen LogP contribution in [-0.2, 0) is 4.74 Å². The number of primary amides is 1. The lowest BCUT2D eigenvalue weighted by Gasteiger charge is -2.34. The van der Waals surface area contributed by atoms with Crippen LogP contribution < -0.4 is 20.7 Å². The maximum absolute atomic E-state index is 12.2. The number of benzene rings is 1. The fourth-order valence-electron chi connectivity index (χ4n) is 3.81. The summed E-state index contributed by atoms with van der Waals surface area (Å²) in [5, 5.41) is 4.40. The van der Waals surface area contributed by atoms with Crippen LogP contribution in [0, 0.1) is 11.8 Å². The van der Waals surface area contributed by atoms with Crippen LogP contribution in [0.4, 0.5) is 10.6 Å². The summed E-state index contributed by atoms with van der Waals surface area (Å²) in [4.78, 5) is 30.9. The molecule has 8 nitrogen and oxygen atoms in total. The number of amides is 2. The normalized spacial score (nSPS) is 16.2. The summed E-state index contributed by atoms with van der Waals surface area (Å²) < 4.78 is 11.1. The van der Waals surface area contributed by atoms with Crippen molar-refractivity contribution in [3.8, 4) is 17.6 Å². The van der Waals surface area contributed by atoms with E-state index in [9.17, 15) is 9.59 Å². The van der Waals surface area contributed by atoms with Crippen LogP contribution in [0.3, 0.4) is 0 Å². The van der Waals surface area contributed by atoms with Gasteiger partial charge in [-0.1, -0.05) is 5.92 Å². The molecule has 2 aromatic rings. The Hall–Kier alpha value is -3.47. The van der Waals surface area contributed by atoms with Crippen molar-refractivity contribution in [2.75, 3.05) is 25.1 Å². The number of pyridine rings is 1. The second kappa shape index (κ2) is 9.35. The third-order valence-electron chi connectivity index (χ3n) is 5.14. The van der Waals surface area contributed by atoms with E-state index in [0.29, 0.717) is 17.9 Å². The molecule has 3 rings (SSSR count). The minimum absolute atomic E-state index is 0.259. The van der Waals surface area contributed by atoms with Gasteiger partial charge in [-0.25, -0.2) is 9.78 Å². The Balaban J connectivity index is 1.98. The number of hydrogen-bond donors (Lipinski definition) is 2. The van der Waals surface area contributed by atoms with Crippen LogP contribution in [0.2, 0.25) is 0 Å². The Morgan fingerprint density at radius 2 is 2.03 bits per heavy atom. The van der Waals surface area contributed by atoms with E-state index in [4.69, 9.17) is 15.2 Å². The molecule has 1 aromatic heterocycles. The third-order valence-corrected chi connectivity index (χ3v) is 5.14. The molecule has 32 heavy (non-hydrogen) atoms. The van der Waals surface area contributed by atoms with Gasteiger partial charge >= 0.3 is 6.09 Å². The predicted octanol–water partition coefficient (Wildman–Crippen LogP) is 3.21. The van der Waals surface area contributed by atoms with Crippen molar-refractivity contribution in [1.29, 1.82) is 0 Å². The lowest BCUT2D eigenvalue weighted by Crippen LogP contribution is -2.46. The molecule has 0 spiro atoms. The van der Waals surface area contributed by atoms with Gasteiger partial charge in [-0.15, -0.1) is 5.92 Å². The maximum atomic E-state index is 12.2. The van der Waals surface area contributed by atoms with E-state index in [1.54, 1.807) is 25.3 Å². The lowest BCUT2D eigenvalue weighted by molar-refractivity contribution is 0.0825. The largest absolute Gasteiger partial charge is 0.496 e. The second-order valence-electron chi connectivity index (χ2n) is 8.82. The Morgan fingerprint density at radius 1 is 1.28 bits per heavy atom. The molecule has 1 atom stereocenters. The number of ether oxygens (including phenoxy) is 2. The summed E-state index contributed by atoms with van der Waals surface area (Å²) in [6, 6.07) is 3.48. The van der Waals surface area contributed by atoms with Crippen LogP contribution in [0.1, 0.15) is 56.5 Å². The van der Waals surface area contributed by atoms with E-state index >= 15 is 0 Å². The molecule has 3 N–H and O–H groups in total. The number of hydrogen-bond acceptors (Lipinski definition) is 6. The molecule has 0 unspecified atom stereocenters. The molecular weight excluding hydrogens is 408 g/mol. The highest BCUT2D eigenvalue weighted by Crippen LogP contribution is 2.34. The smallest absolute Gasteiger partial charge is 0.407 e. The number of nitrogens with two attached hydrogens (primary N) is 1. The summed E-state index contributed by atoms with van der Waals surface area (Å²) in [5.41, 5.74) is 6.18. The molecule has 0 saturated carbocycles. The highest BCUT2D eigenvalue weighted by Gasteiger charge is 2.27. The van der Waals surface area contributed by atoms with E-state index in [1.165, 1.54) is 7.11 Å². The number of nitrogens with zero attached hydrogens (tertiary/aromatic N) is 2. The number of aromatic nitrogens is 1. The van der Waals surface area contributed by atoms with Crippen LogP contribution in [0.15, 0.2) is 18.3 Å². The molecule has 170 valence electrons. The van der Waals surface area contributed by atoms with Gasteiger partial charge in [-0.2, -0.15) is 0 Å². The monoisotopic (exact) mass is 438 g/mol. The van der Waals surface area contributed by atoms with Crippen molar-refractivity contribution in [2.24, 2.45) is 5.73 Å². The van der Waals surface area contributed by atoms with Gasteiger partial charge < -0.3 is 25.4 Å². The first-order chi connectivity index (χ1) is 15.1. The van der Waals surface area contributed by atoms with Crippen molar-refractivity contribution < 1.29 is 19.1 Å². The minimum atomic E-state index is -0.575. The van der Waals surface area contributed by atoms with Gasteiger partial charge in [0, 0.05) is 29.1 Å². The molecule has 1 saturated heterocycles. The number of carbonyl (C=O) groups excluding carboxylic acids is 2. The number of nitrogens with one attached hydrogen (secondary N) is 1. The standard InChI is InChI=1S/C24H30N4O4/c1-6-8-15-13-26-22(18-12-20(31-5)19(21(25)29)11-17(15)18)28-10-7-9-16(14-28)32-23(30)27-24(2,3)4/h11-13,16H,7,9-10,14H2,1-5H3,(H2,25,29)(H,27,30)/t16-/m0/s1. The molecule has 0 bridgehead atoms. The quantitative estimate of drug-likeness (QED) is 0.710. The third kappa shape index (κ3) is 5.22. The zero-order valence-electron chi connectivity index (χ0n) is 19.2. The lowest BCUT2D eigenvalue weighted by atomic mass is 10.0. The number of anilines is 1. The maximum Gasteiger partial charge on any atom is 0.407 e. The summed E-state index contributed by atoms with van der Waals surface area (Å²) >= 11 is 0. The Labute approximate surface area is 188 Å². The van der Waals surface area contributed by atoms with Gasteiger partial charge in [-0.05, 0) is 52.7 Å².